The van der Waals surface area contributed by atoms with Crippen molar-refractivity contribution >= 4 is 29.2 Å². The van der Waals surface area contributed by atoms with Gasteiger partial charge in [-0.2, -0.15) is 0 Å². The lowest BCUT2D eigenvalue weighted by molar-refractivity contribution is -0.139. The van der Waals surface area contributed by atoms with Crippen molar-refractivity contribution in [3.8, 4) is 0 Å². The van der Waals surface area contributed by atoms with Crippen molar-refractivity contribution in [2.24, 2.45) is 0 Å². The van der Waals surface area contributed by atoms with Crippen LogP contribution in [-0.4, -0.2) is 28.6 Å². The van der Waals surface area contributed by atoms with E-state index in [2.05, 4.69) is 0 Å². The van der Waals surface area contributed by atoms with Crippen LogP contribution in [0.5, 0.6) is 0 Å². The second-order valence-electron chi connectivity index (χ2n) is 4.67. The molecule has 0 heterocycles. The van der Waals surface area contributed by atoms with E-state index in [1.165, 1.54) is 0 Å². The first kappa shape index (κ1) is 16.3. The molecule has 0 radical (unpaired) electrons. The molecule has 1 aromatic rings. The first-order chi connectivity index (χ1) is 8.86. The normalized spacial score (nSPS) is 14.4. The summed E-state index contributed by atoms with van der Waals surface area (Å²) in [7, 11) is 0. The van der Waals surface area contributed by atoms with Gasteiger partial charge in [-0.25, -0.2) is 0 Å². The highest BCUT2D eigenvalue weighted by Crippen LogP contribution is 2.29. The lowest BCUT2D eigenvalue weighted by Crippen LogP contribution is -2.39. The first-order valence-electron chi connectivity index (χ1n) is 6.29. The van der Waals surface area contributed by atoms with Crippen LogP contribution in [0.2, 0.25) is 10.0 Å². The van der Waals surface area contributed by atoms with Crippen LogP contribution >= 0.6 is 23.2 Å². The largest absolute Gasteiger partial charge is 0.480 e. The maximum Gasteiger partial charge on any atom is 0.317 e. The first-order valence-corrected chi connectivity index (χ1v) is 7.04. The van der Waals surface area contributed by atoms with E-state index in [9.17, 15) is 4.79 Å². The number of hydrogen-bond donors (Lipinski definition) is 1. The molecule has 1 aromatic carbocycles. The zero-order chi connectivity index (χ0) is 14.6. The minimum absolute atomic E-state index is 0.0103. The molecule has 0 spiro atoms. The van der Waals surface area contributed by atoms with Gasteiger partial charge in [0.25, 0.3) is 0 Å². The van der Waals surface area contributed by atoms with Gasteiger partial charge in [-0.05, 0) is 38.0 Å². The number of benzene rings is 1. The second-order valence-corrected chi connectivity index (χ2v) is 5.49. The fourth-order valence-electron chi connectivity index (χ4n) is 2.03. The molecule has 106 valence electrons. The molecule has 2 atom stereocenters. The Morgan fingerprint density at radius 3 is 2.42 bits per heavy atom. The van der Waals surface area contributed by atoms with Crippen LogP contribution in [0.4, 0.5) is 0 Å². The van der Waals surface area contributed by atoms with Crippen LogP contribution in [0.15, 0.2) is 18.2 Å². The average molecular weight is 304 g/mol. The molecule has 1 N–H and O–H groups in total. The van der Waals surface area contributed by atoms with Gasteiger partial charge in [0.1, 0.15) is 0 Å². The molecule has 0 aromatic heterocycles. The van der Waals surface area contributed by atoms with Gasteiger partial charge < -0.3 is 5.11 Å². The fourth-order valence-corrected chi connectivity index (χ4v) is 2.34. The number of hydrogen-bond acceptors (Lipinski definition) is 2. The monoisotopic (exact) mass is 303 g/mol. The number of carboxylic acid groups (broad SMARTS) is 1. The summed E-state index contributed by atoms with van der Waals surface area (Å²) in [6.45, 7) is 6.06. The minimum Gasteiger partial charge on any atom is -0.480 e. The Bertz CT molecular complexity index is 451. The molecule has 0 amide bonds. The van der Waals surface area contributed by atoms with E-state index >= 15 is 0 Å². The van der Waals surface area contributed by atoms with E-state index in [4.69, 9.17) is 28.3 Å². The highest BCUT2D eigenvalue weighted by Gasteiger charge is 2.23. The van der Waals surface area contributed by atoms with Crippen LogP contribution in [0.3, 0.4) is 0 Å². The number of aliphatic carboxylic acids is 1. The van der Waals surface area contributed by atoms with Crippen LogP contribution < -0.4 is 0 Å². The van der Waals surface area contributed by atoms with Crippen LogP contribution in [0.1, 0.15) is 38.8 Å². The molecule has 0 saturated heterocycles. The summed E-state index contributed by atoms with van der Waals surface area (Å²) in [5.74, 6) is -0.827. The van der Waals surface area contributed by atoms with Crippen molar-refractivity contribution in [1.29, 1.82) is 0 Å². The van der Waals surface area contributed by atoms with Crippen molar-refractivity contribution in [3.05, 3.63) is 33.8 Å². The van der Waals surface area contributed by atoms with Gasteiger partial charge in [0.15, 0.2) is 0 Å². The van der Waals surface area contributed by atoms with Crippen LogP contribution in [-0.2, 0) is 4.79 Å². The third-order valence-corrected chi connectivity index (χ3v) is 4.14. The van der Waals surface area contributed by atoms with Crippen molar-refractivity contribution in [2.75, 3.05) is 6.54 Å². The highest BCUT2D eigenvalue weighted by atomic mass is 35.5. The van der Waals surface area contributed by atoms with E-state index in [1.54, 1.807) is 12.1 Å². The minimum atomic E-state index is -0.827. The topological polar surface area (TPSA) is 40.5 Å². The second kappa shape index (κ2) is 7.13. The SMILES string of the molecule is CCC(C)N(CC(=O)O)C(C)c1ccc(Cl)c(Cl)c1. The van der Waals surface area contributed by atoms with Gasteiger partial charge in [0, 0.05) is 12.1 Å². The Hall–Kier alpha value is -0.770. The summed E-state index contributed by atoms with van der Waals surface area (Å²) in [6, 6.07) is 5.58. The molecule has 0 saturated carbocycles. The highest BCUT2D eigenvalue weighted by molar-refractivity contribution is 6.42. The van der Waals surface area contributed by atoms with Crippen molar-refractivity contribution in [2.45, 2.75) is 39.3 Å². The Balaban J connectivity index is 3.00. The van der Waals surface area contributed by atoms with Gasteiger partial charge >= 0.3 is 5.97 Å². The van der Waals surface area contributed by atoms with Gasteiger partial charge in [-0.3, -0.25) is 9.69 Å². The molecule has 3 nitrogen and oxygen atoms in total. The van der Waals surface area contributed by atoms with Crippen LogP contribution in [0, 0.1) is 0 Å². The Kier molecular flexibility index (Phi) is 6.11. The third-order valence-electron chi connectivity index (χ3n) is 3.40. The maximum absolute atomic E-state index is 11.0. The molecule has 0 fully saturated rings. The number of rotatable bonds is 6. The maximum atomic E-state index is 11.0. The smallest absolute Gasteiger partial charge is 0.317 e. The zero-order valence-corrected chi connectivity index (χ0v) is 12.9. The molecule has 19 heavy (non-hydrogen) atoms. The van der Waals surface area contributed by atoms with Gasteiger partial charge in [-0.1, -0.05) is 36.2 Å². The molecular formula is C14H19Cl2NO2. The summed E-state index contributed by atoms with van der Waals surface area (Å²) in [5, 5.41) is 10.0. The zero-order valence-electron chi connectivity index (χ0n) is 11.4. The van der Waals surface area contributed by atoms with E-state index < -0.39 is 5.97 Å². The summed E-state index contributed by atoms with van der Waals surface area (Å²) in [5.41, 5.74) is 0.968. The number of carboxylic acids is 1. The Morgan fingerprint density at radius 2 is 1.95 bits per heavy atom. The fraction of sp³-hybridized carbons (Fsp3) is 0.500. The van der Waals surface area contributed by atoms with Gasteiger partial charge in [-0.15, -0.1) is 0 Å². The molecule has 0 bridgehead atoms. The number of halogens is 2. The Morgan fingerprint density at radius 1 is 1.32 bits per heavy atom. The van der Waals surface area contributed by atoms with E-state index in [1.807, 2.05) is 31.7 Å². The lowest BCUT2D eigenvalue weighted by Gasteiger charge is -2.33. The lowest BCUT2D eigenvalue weighted by atomic mass is 10.0. The molecule has 2 unspecified atom stereocenters. The van der Waals surface area contributed by atoms with Crippen LogP contribution in [0.25, 0.3) is 0 Å². The molecule has 1 rings (SSSR count). The predicted molar refractivity (Wildman–Crippen MR) is 79.0 cm³/mol. The van der Waals surface area contributed by atoms with Crippen molar-refractivity contribution in [1.82, 2.24) is 4.90 Å². The summed E-state index contributed by atoms with van der Waals surface area (Å²) >= 11 is 11.9. The summed E-state index contributed by atoms with van der Waals surface area (Å²) < 4.78 is 0. The summed E-state index contributed by atoms with van der Waals surface area (Å²) in [4.78, 5) is 12.9. The third kappa shape index (κ3) is 4.37. The van der Waals surface area contributed by atoms with Gasteiger partial charge in [0.05, 0.1) is 16.6 Å². The van der Waals surface area contributed by atoms with Crippen molar-refractivity contribution in [3.63, 3.8) is 0 Å². The average Bonchev–Trinajstić information content (AvgIpc) is 2.37. The number of nitrogens with zero attached hydrogens (tertiary/aromatic N) is 1. The molecule has 0 aliphatic rings. The quantitative estimate of drug-likeness (QED) is 0.854. The van der Waals surface area contributed by atoms with E-state index in [0.29, 0.717) is 10.0 Å². The van der Waals surface area contributed by atoms with E-state index in [-0.39, 0.29) is 18.6 Å². The Labute approximate surface area is 124 Å². The number of carbonyl (C=O) groups is 1. The molecule has 0 aliphatic heterocycles. The predicted octanol–water partition coefficient (Wildman–Crippen LogP) is 4.24. The van der Waals surface area contributed by atoms with Gasteiger partial charge in [0.2, 0.25) is 0 Å². The standard InChI is InChI=1S/C14H19Cl2NO2/c1-4-9(2)17(8-14(18)19)10(3)11-5-6-12(15)13(16)7-11/h5-7,9-10H,4,8H2,1-3H3,(H,18,19). The summed E-state index contributed by atoms with van der Waals surface area (Å²) in [6.07, 6.45) is 0.888. The van der Waals surface area contributed by atoms with E-state index in [0.717, 1.165) is 12.0 Å². The van der Waals surface area contributed by atoms with Crippen molar-refractivity contribution < 1.29 is 9.90 Å². The molecular weight excluding hydrogens is 285 g/mol. The molecule has 5 heteroatoms. The molecule has 0 aliphatic carbocycles.